The van der Waals surface area contributed by atoms with Crippen LogP contribution in [-0.2, 0) is 11.3 Å². The van der Waals surface area contributed by atoms with E-state index in [1.54, 1.807) is 5.88 Å². The van der Waals surface area contributed by atoms with E-state index in [2.05, 4.69) is 0 Å². The number of hydrogen-bond acceptors (Lipinski definition) is 1. The Morgan fingerprint density at radius 1 is 1.23 bits per heavy atom. The molecule has 0 unspecified atom stereocenters. The van der Waals surface area contributed by atoms with E-state index >= 15 is 0 Å². The molecule has 0 N–H and O–H groups in total. The quantitative estimate of drug-likeness (QED) is 0.361. The smallest absolute Gasteiger partial charge is 0.379 e. The van der Waals surface area contributed by atoms with Gasteiger partial charge in [-0.2, -0.15) is 0 Å². The monoisotopic (exact) mass is 190 g/mol. The van der Waals surface area contributed by atoms with Crippen molar-refractivity contribution in [1.82, 2.24) is 0 Å². The normalized spacial score (nSPS) is 9.31. The molecule has 0 saturated heterocycles. The first-order chi connectivity index (χ1) is 5.93. The van der Waals surface area contributed by atoms with E-state index in [0.29, 0.717) is 13.2 Å². The van der Waals surface area contributed by atoms with Crippen LogP contribution < -0.4 is 18.9 Å². The van der Waals surface area contributed by atoms with Gasteiger partial charge < -0.3 is 16.3 Å². The Hall–Kier alpha value is 0.0674. The summed E-state index contributed by atoms with van der Waals surface area (Å²) >= 11 is 5.38. The van der Waals surface area contributed by atoms with Crippen LogP contribution in [-0.4, -0.2) is 6.61 Å². The Bertz CT molecular complexity index is 203. The Morgan fingerprint density at radius 3 is 2.54 bits per heavy atom. The maximum Gasteiger partial charge on any atom is 1.00 e. The number of ether oxygens (including phenoxy) is 1. The van der Waals surface area contributed by atoms with Crippen LogP contribution in [0.15, 0.2) is 30.3 Å². The van der Waals surface area contributed by atoms with Gasteiger partial charge in [0.25, 0.3) is 0 Å². The van der Waals surface area contributed by atoms with E-state index in [9.17, 15) is 0 Å². The zero-order valence-electron chi connectivity index (χ0n) is 7.87. The van der Waals surface area contributed by atoms with Crippen molar-refractivity contribution in [2.24, 2.45) is 0 Å². The molecular formula is C10H12ClLiO. The molecule has 0 atom stereocenters. The molecular weight excluding hydrogens is 179 g/mol. The Balaban J connectivity index is 0.00000144. The van der Waals surface area contributed by atoms with Crippen molar-refractivity contribution in [3.8, 4) is 0 Å². The average Bonchev–Trinajstić information content (AvgIpc) is 2.14. The van der Waals surface area contributed by atoms with Gasteiger partial charge in [0.2, 0.25) is 0 Å². The fraction of sp³-hybridized carbons (Fsp3) is 0.300. The number of rotatable bonds is 5. The average molecular weight is 191 g/mol. The van der Waals surface area contributed by atoms with E-state index in [1.165, 1.54) is 5.56 Å². The van der Waals surface area contributed by atoms with Gasteiger partial charge in [-0.25, -0.2) is 5.88 Å². The summed E-state index contributed by atoms with van der Waals surface area (Å²) < 4.78 is 5.34. The maximum absolute atomic E-state index is 5.38. The molecule has 1 nitrogen and oxygen atoms in total. The second-order valence-corrected chi connectivity index (χ2v) is 2.79. The summed E-state index contributed by atoms with van der Waals surface area (Å²) in [6.45, 7) is 1.37. The molecule has 0 aliphatic rings. The van der Waals surface area contributed by atoms with Crippen molar-refractivity contribution >= 4 is 11.6 Å². The molecule has 0 bridgehead atoms. The molecule has 0 saturated carbocycles. The molecule has 0 aliphatic heterocycles. The minimum absolute atomic E-state index is 0. The van der Waals surface area contributed by atoms with E-state index in [1.807, 2.05) is 30.3 Å². The van der Waals surface area contributed by atoms with Crippen molar-refractivity contribution < 1.29 is 23.6 Å². The van der Waals surface area contributed by atoms with Gasteiger partial charge in [-0.1, -0.05) is 30.3 Å². The molecule has 0 radical (unpaired) electrons. The van der Waals surface area contributed by atoms with E-state index in [4.69, 9.17) is 16.3 Å². The number of hydrogen-bond donors (Lipinski definition) is 0. The molecule has 1 aromatic rings. The third kappa shape index (κ3) is 6.18. The van der Waals surface area contributed by atoms with Crippen molar-refractivity contribution in [3.63, 3.8) is 0 Å². The van der Waals surface area contributed by atoms with E-state index in [0.717, 1.165) is 6.42 Å². The van der Waals surface area contributed by atoms with Crippen molar-refractivity contribution in [2.45, 2.75) is 13.0 Å². The van der Waals surface area contributed by atoms with Crippen LogP contribution in [0.4, 0.5) is 0 Å². The zero-order chi connectivity index (χ0) is 8.65. The molecule has 66 valence electrons. The first kappa shape index (κ1) is 13.1. The van der Waals surface area contributed by atoms with Crippen LogP contribution >= 0.6 is 11.6 Å². The first-order valence-corrected chi connectivity index (χ1v) is 4.40. The minimum Gasteiger partial charge on any atom is -0.379 e. The topological polar surface area (TPSA) is 9.23 Å². The Kier molecular flexibility index (Phi) is 8.70. The first-order valence-electron chi connectivity index (χ1n) is 3.97. The van der Waals surface area contributed by atoms with E-state index < -0.39 is 0 Å². The molecule has 0 aliphatic carbocycles. The molecule has 1 rings (SSSR count). The van der Waals surface area contributed by atoms with E-state index in [-0.39, 0.29) is 18.9 Å². The fourth-order valence-electron chi connectivity index (χ4n) is 0.892. The van der Waals surface area contributed by atoms with Crippen molar-refractivity contribution in [3.05, 3.63) is 41.8 Å². The predicted octanol–water partition coefficient (Wildman–Crippen LogP) is -0.00211. The Labute approximate surface area is 96.6 Å². The van der Waals surface area contributed by atoms with Gasteiger partial charge in [-0.05, 0) is 5.56 Å². The molecule has 0 aromatic heterocycles. The number of benzene rings is 1. The summed E-state index contributed by atoms with van der Waals surface area (Å²) in [5, 5.41) is 0. The largest absolute Gasteiger partial charge is 1.00 e. The molecule has 0 heterocycles. The standard InChI is InChI=1S/C10H12ClO.Li/c11-7-4-8-12-9-10-5-2-1-3-6-10;/h1-3,5-7H,4,8-9H2;/q-1;+1. The molecule has 1 aromatic carbocycles. The van der Waals surface area contributed by atoms with Crippen LogP contribution in [0.1, 0.15) is 12.0 Å². The molecule has 0 spiro atoms. The molecule has 3 heteroatoms. The molecule has 0 amide bonds. The summed E-state index contributed by atoms with van der Waals surface area (Å²) in [5.74, 6) is 1.59. The summed E-state index contributed by atoms with van der Waals surface area (Å²) in [6.07, 6.45) is 0.800. The Morgan fingerprint density at radius 2 is 1.92 bits per heavy atom. The summed E-state index contributed by atoms with van der Waals surface area (Å²) in [5.41, 5.74) is 1.20. The van der Waals surface area contributed by atoms with Gasteiger partial charge in [0.15, 0.2) is 0 Å². The second-order valence-electron chi connectivity index (χ2n) is 2.48. The van der Waals surface area contributed by atoms with Gasteiger partial charge in [0.1, 0.15) is 0 Å². The number of halogens is 1. The van der Waals surface area contributed by atoms with Crippen LogP contribution in [0.5, 0.6) is 0 Å². The predicted molar refractivity (Wildman–Crippen MR) is 50.9 cm³/mol. The second kappa shape index (κ2) is 8.66. The third-order valence-electron chi connectivity index (χ3n) is 1.48. The maximum atomic E-state index is 5.38. The van der Waals surface area contributed by atoms with Gasteiger partial charge in [-0.3, -0.25) is 0 Å². The van der Waals surface area contributed by atoms with Crippen LogP contribution in [0.3, 0.4) is 0 Å². The minimum atomic E-state index is 0. The van der Waals surface area contributed by atoms with Gasteiger partial charge in [-0.15, -0.1) is 6.42 Å². The third-order valence-corrected chi connectivity index (χ3v) is 1.70. The van der Waals surface area contributed by atoms with Crippen LogP contribution in [0, 0.1) is 5.88 Å². The fourth-order valence-corrected chi connectivity index (χ4v) is 0.981. The van der Waals surface area contributed by atoms with Gasteiger partial charge in [0, 0.05) is 6.61 Å². The molecule has 0 fully saturated rings. The summed E-state index contributed by atoms with van der Waals surface area (Å²) in [6, 6.07) is 10.1. The van der Waals surface area contributed by atoms with Crippen molar-refractivity contribution in [1.29, 1.82) is 0 Å². The summed E-state index contributed by atoms with van der Waals surface area (Å²) in [4.78, 5) is 0. The van der Waals surface area contributed by atoms with Crippen LogP contribution in [0.2, 0.25) is 0 Å². The van der Waals surface area contributed by atoms with Crippen molar-refractivity contribution in [2.75, 3.05) is 6.61 Å². The van der Waals surface area contributed by atoms with Gasteiger partial charge >= 0.3 is 18.9 Å². The summed E-state index contributed by atoms with van der Waals surface area (Å²) in [7, 11) is 0. The van der Waals surface area contributed by atoms with Crippen LogP contribution in [0.25, 0.3) is 0 Å². The van der Waals surface area contributed by atoms with Gasteiger partial charge in [0.05, 0.1) is 6.61 Å². The SMILES string of the molecule is Cl[CH-]CCOCc1ccccc1.[Li+]. The molecule has 13 heavy (non-hydrogen) atoms. The zero-order valence-corrected chi connectivity index (χ0v) is 8.63.